The number of anilines is 2. The first-order valence-corrected chi connectivity index (χ1v) is 9.03. The van der Waals surface area contributed by atoms with Crippen molar-refractivity contribution >= 4 is 29.3 Å². The van der Waals surface area contributed by atoms with Crippen LogP contribution in [0, 0.1) is 13.8 Å². The highest BCUT2D eigenvalue weighted by molar-refractivity contribution is 6.03. The van der Waals surface area contributed by atoms with Gasteiger partial charge in [0.25, 0.3) is 0 Å². The predicted octanol–water partition coefficient (Wildman–Crippen LogP) is 3.02. The van der Waals surface area contributed by atoms with E-state index in [1.54, 1.807) is 23.1 Å². The van der Waals surface area contributed by atoms with E-state index in [9.17, 15) is 14.4 Å². The summed E-state index contributed by atoms with van der Waals surface area (Å²) in [6, 6.07) is 11.2. The molecule has 2 N–H and O–H groups in total. The Morgan fingerprint density at radius 3 is 2.61 bits per heavy atom. The Kier molecular flexibility index (Phi) is 5.63. The van der Waals surface area contributed by atoms with Crippen molar-refractivity contribution in [1.29, 1.82) is 0 Å². The number of nitrogens with one attached hydrogen (secondary N) is 2. The fourth-order valence-electron chi connectivity index (χ4n) is 3.13. The highest BCUT2D eigenvalue weighted by Gasteiger charge is 2.33. The molecular formula is C21H23N3O4. The van der Waals surface area contributed by atoms with Gasteiger partial charge in [0.15, 0.2) is 0 Å². The van der Waals surface area contributed by atoms with E-state index in [4.69, 9.17) is 0 Å². The molecule has 1 aliphatic heterocycles. The summed E-state index contributed by atoms with van der Waals surface area (Å²) in [6.45, 7) is 4.57. The highest BCUT2D eigenvalue weighted by atomic mass is 16.5. The summed E-state index contributed by atoms with van der Waals surface area (Å²) in [4.78, 5) is 38.3. The van der Waals surface area contributed by atoms with Crippen molar-refractivity contribution in [3.63, 3.8) is 0 Å². The number of benzene rings is 2. The number of esters is 1. The molecule has 0 bridgehead atoms. The fraction of sp³-hybridized carbons (Fsp3) is 0.286. The summed E-state index contributed by atoms with van der Waals surface area (Å²) < 4.78 is 4.67. The van der Waals surface area contributed by atoms with Gasteiger partial charge in [0.1, 0.15) is 6.04 Å². The second-order valence-electron chi connectivity index (χ2n) is 6.77. The van der Waals surface area contributed by atoms with Crippen LogP contribution in [-0.4, -0.2) is 37.6 Å². The minimum Gasteiger partial charge on any atom is -0.465 e. The molecule has 2 aromatic rings. The maximum absolute atomic E-state index is 12.7. The lowest BCUT2D eigenvalue weighted by Gasteiger charge is -2.18. The molecule has 1 atom stereocenters. The maximum atomic E-state index is 12.7. The molecule has 0 saturated carbocycles. The molecule has 0 aliphatic carbocycles. The quantitative estimate of drug-likeness (QED) is 0.797. The second kappa shape index (κ2) is 8.12. The molecule has 2 aromatic carbocycles. The summed E-state index contributed by atoms with van der Waals surface area (Å²) in [6.07, 6.45) is 0.529. The van der Waals surface area contributed by atoms with E-state index in [2.05, 4.69) is 15.4 Å². The molecular weight excluding hydrogens is 358 g/mol. The first kappa shape index (κ1) is 19.4. The van der Waals surface area contributed by atoms with Gasteiger partial charge in [-0.2, -0.15) is 0 Å². The van der Waals surface area contributed by atoms with Crippen molar-refractivity contribution in [1.82, 2.24) is 5.32 Å². The van der Waals surface area contributed by atoms with Gasteiger partial charge in [-0.3, -0.25) is 4.79 Å². The predicted molar refractivity (Wildman–Crippen MR) is 107 cm³/mol. The van der Waals surface area contributed by atoms with Crippen molar-refractivity contribution in [3.8, 4) is 0 Å². The lowest BCUT2D eigenvalue weighted by Crippen LogP contribution is -2.43. The zero-order chi connectivity index (χ0) is 20.3. The number of rotatable bonds is 4. The summed E-state index contributed by atoms with van der Waals surface area (Å²) in [5, 5.41) is 5.36. The Bertz CT molecular complexity index is 926. The van der Waals surface area contributed by atoms with Crippen molar-refractivity contribution in [3.05, 3.63) is 59.2 Å². The van der Waals surface area contributed by atoms with E-state index in [1.807, 2.05) is 32.0 Å². The molecule has 3 rings (SSSR count). The van der Waals surface area contributed by atoms with Gasteiger partial charge in [-0.05, 0) is 61.7 Å². The third-order valence-electron chi connectivity index (χ3n) is 4.85. The minimum absolute atomic E-state index is 0.137. The third kappa shape index (κ3) is 4.14. The molecule has 0 radical (unpaired) electrons. The minimum atomic E-state index is -0.592. The SMILES string of the molecule is COC(=O)c1cccc(NC(=O)NC2CCN(c3ccc(C)c(C)c3)C2=O)c1. The van der Waals surface area contributed by atoms with E-state index in [-0.39, 0.29) is 5.91 Å². The van der Waals surface area contributed by atoms with Gasteiger partial charge in [0.2, 0.25) is 5.91 Å². The Morgan fingerprint density at radius 1 is 1.11 bits per heavy atom. The third-order valence-corrected chi connectivity index (χ3v) is 4.85. The summed E-state index contributed by atoms with van der Waals surface area (Å²) in [5.41, 5.74) is 3.89. The number of methoxy groups -OCH3 is 1. The number of urea groups is 1. The van der Waals surface area contributed by atoms with E-state index in [0.717, 1.165) is 11.3 Å². The number of nitrogens with zero attached hydrogens (tertiary/aromatic N) is 1. The van der Waals surface area contributed by atoms with Crippen molar-refractivity contribution in [2.24, 2.45) is 0 Å². The van der Waals surface area contributed by atoms with Gasteiger partial charge in [0.05, 0.1) is 12.7 Å². The second-order valence-corrected chi connectivity index (χ2v) is 6.77. The largest absolute Gasteiger partial charge is 0.465 e. The number of hydrogen-bond acceptors (Lipinski definition) is 4. The number of carbonyl (C=O) groups excluding carboxylic acids is 3. The molecule has 7 heteroatoms. The number of ether oxygens (including phenoxy) is 1. The van der Waals surface area contributed by atoms with Crippen molar-refractivity contribution in [2.45, 2.75) is 26.3 Å². The molecule has 1 heterocycles. The Hall–Kier alpha value is -3.35. The van der Waals surface area contributed by atoms with Gasteiger partial charge >= 0.3 is 12.0 Å². The van der Waals surface area contributed by atoms with Crippen LogP contribution in [-0.2, 0) is 9.53 Å². The maximum Gasteiger partial charge on any atom is 0.337 e. The van der Waals surface area contributed by atoms with Crippen LogP contribution >= 0.6 is 0 Å². The van der Waals surface area contributed by atoms with Crippen LogP contribution in [0.4, 0.5) is 16.2 Å². The van der Waals surface area contributed by atoms with Crippen LogP contribution in [0.1, 0.15) is 27.9 Å². The fourth-order valence-corrected chi connectivity index (χ4v) is 3.13. The average molecular weight is 381 g/mol. The zero-order valence-electron chi connectivity index (χ0n) is 16.1. The van der Waals surface area contributed by atoms with Gasteiger partial charge in [-0.15, -0.1) is 0 Å². The van der Waals surface area contributed by atoms with Crippen molar-refractivity contribution < 1.29 is 19.1 Å². The van der Waals surface area contributed by atoms with Gasteiger partial charge < -0.3 is 20.3 Å². The molecule has 146 valence electrons. The topological polar surface area (TPSA) is 87.7 Å². The van der Waals surface area contributed by atoms with Crippen LogP contribution in [0.15, 0.2) is 42.5 Å². The van der Waals surface area contributed by atoms with Crippen LogP contribution in [0.2, 0.25) is 0 Å². The molecule has 1 aliphatic rings. The van der Waals surface area contributed by atoms with Crippen LogP contribution in [0.25, 0.3) is 0 Å². The lowest BCUT2D eigenvalue weighted by atomic mass is 10.1. The molecule has 1 saturated heterocycles. The van der Waals surface area contributed by atoms with Crippen molar-refractivity contribution in [2.75, 3.05) is 23.9 Å². The average Bonchev–Trinajstić information content (AvgIpc) is 3.03. The molecule has 1 unspecified atom stereocenters. The van der Waals surface area contributed by atoms with E-state index >= 15 is 0 Å². The Labute approximate surface area is 163 Å². The number of aryl methyl sites for hydroxylation is 2. The summed E-state index contributed by atoms with van der Waals surface area (Å²) >= 11 is 0. The Balaban J connectivity index is 1.63. The number of hydrogen-bond donors (Lipinski definition) is 2. The van der Waals surface area contributed by atoms with E-state index in [1.165, 1.54) is 18.7 Å². The summed E-state index contributed by atoms with van der Waals surface area (Å²) in [7, 11) is 1.29. The van der Waals surface area contributed by atoms with Gasteiger partial charge in [0, 0.05) is 17.9 Å². The lowest BCUT2D eigenvalue weighted by molar-refractivity contribution is -0.118. The Morgan fingerprint density at radius 2 is 1.89 bits per heavy atom. The van der Waals surface area contributed by atoms with E-state index in [0.29, 0.717) is 24.2 Å². The molecule has 7 nitrogen and oxygen atoms in total. The standard InChI is InChI=1S/C21H23N3O4/c1-13-7-8-17(11-14(13)2)24-10-9-18(19(24)25)23-21(27)22-16-6-4-5-15(12-16)20(26)28-3/h4-8,11-12,18H,9-10H2,1-3H3,(H2,22,23,27). The zero-order valence-corrected chi connectivity index (χ0v) is 16.1. The van der Waals surface area contributed by atoms with Crippen LogP contribution < -0.4 is 15.5 Å². The molecule has 28 heavy (non-hydrogen) atoms. The number of carbonyl (C=O) groups is 3. The van der Waals surface area contributed by atoms with Gasteiger partial charge in [-0.25, -0.2) is 9.59 Å². The smallest absolute Gasteiger partial charge is 0.337 e. The van der Waals surface area contributed by atoms with Crippen LogP contribution in [0.5, 0.6) is 0 Å². The normalized spacial score (nSPS) is 16.0. The molecule has 1 fully saturated rings. The first-order chi connectivity index (χ1) is 13.4. The first-order valence-electron chi connectivity index (χ1n) is 9.03. The molecule has 3 amide bonds. The molecule has 0 aromatic heterocycles. The van der Waals surface area contributed by atoms with Gasteiger partial charge in [-0.1, -0.05) is 12.1 Å². The molecule has 0 spiro atoms. The monoisotopic (exact) mass is 381 g/mol. The van der Waals surface area contributed by atoms with Crippen LogP contribution in [0.3, 0.4) is 0 Å². The highest BCUT2D eigenvalue weighted by Crippen LogP contribution is 2.24. The summed E-state index contributed by atoms with van der Waals surface area (Å²) in [5.74, 6) is -0.624. The van der Waals surface area contributed by atoms with E-state index < -0.39 is 18.0 Å². The number of amides is 3.